The van der Waals surface area contributed by atoms with E-state index in [1.807, 2.05) is 19.1 Å². The van der Waals surface area contributed by atoms with Crippen LogP contribution in [0.25, 0.3) is 22.3 Å². The van der Waals surface area contributed by atoms with Gasteiger partial charge in [-0.25, -0.2) is 8.78 Å². The van der Waals surface area contributed by atoms with Crippen molar-refractivity contribution in [2.45, 2.75) is 25.9 Å². The molecular weight excluding hydrogens is 424 g/mol. The van der Waals surface area contributed by atoms with Crippen molar-refractivity contribution in [1.29, 1.82) is 0 Å². The fourth-order valence-corrected chi connectivity index (χ4v) is 4.27. The Balaban J connectivity index is 1.52. The van der Waals surface area contributed by atoms with Gasteiger partial charge in [0.15, 0.2) is 19.4 Å². The third-order valence-electron chi connectivity index (χ3n) is 6.00. The minimum atomic E-state index is -1.00. The molecule has 0 bridgehead atoms. The van der Waals surface area contributed by atoms with Gasteiger partial charge in [-0.1, -0.05) is 48.6 Å². The van der Waals surface area contributed by atoms with E-state index >= 15 is 0 Å². The van der Waals surface area contributed by atoms with Crippen molar-refractivity contribution in [2.24, 2.45) is 5.92 Å². The number of halogens is 3. The van der Waals surface area contributed by atoms with Gasteiger partial charge in [0.2, 0.25) is 5.82 Å². The van der Waals surface area contributed by atoms with Crippen LogP contribution in [-0.2, 0) is 4.74 Å². The van der Waals surface area contributed by atoms with E-state index in [0.717, 1.165) is 18.4 Å². The molecule has 1 fully saturated rings. The fraction of sp³-hybridized carbons (Fsp3) is 0.259. The molecule has 3 aromatic rings. The number of hydrogen-bond acceptors (Lipinski definition) is 2. The van der Waals surface area contributed by atoms with E-state index in [-0.39, 0.29) is 29.7 Å². The van der Waals surface area contributed by atoms with Crippen LogP contribution in [0.4, 0.5) is 13.2 Å². The highest BCUT2D eigenvalue weighted by atomic mass is 19.2. The van der Waals surface area contributed by atoms with Crippen LogP contribution < -0.4 is 4.74 Å². The van der Waals surface area contributed by atoms with E-state index in [4.69, 9.17) is 9.47 Å². The molecule has 0 N–H and O–H groups in total. The Morgan fingerprint density at radius 2 is 1.67 bits per heavy atom. The van der Waals surface area contributed by atoms with Gasteiger partial charge in [-0.15, -0.1) is 0 Å². The third-order valence-corrected chi connectivity index (χ3v) is 6.00. The lowest BCUT2D eigenvalue weighted by Crippen LogP contribution is -2.20. The molecule has 1 aliphatic rings. The Kier molecular flexibility index (Phi) is 7.24. The number of allylic oxidation sites excluding steroid dienone is 1. The summed E-state index contributed by atoms with van der Waals surface area (Å²) in [6.45, 7) is 2.84. The summed E-state index contributed by atoms with van der Waals surface area (Å²) in [4.78, 5) is 0. The summed E-state index contributed by atoms with van der Waals surface area (Å²) in [5.41, 5.74) is 2.75. The first-order valence-corrected chi connectivity index (χ1v) is 11.3. The minimum Gasteiger partial charge on any atom is -0.500 e. The van der Waals surface area contributed by atoms with Crippen LogP contribution in [0.3, 0.4) is 0 Å². The molecule has 1 saturated heterocycles. The van der Waals surface area contributed by atoms with Gasteiger partial charge in [0, 0.05) is 17.0 Å². The number of benzene rings is 3. The summed E-state index contributed by atoms with van der Waals surface area (Å²) in [7, 11) is 1.71. The zero-order valence-corrected chi connectivity index (χ0v) is 18.8. The van der Waals surface area contributed by atoms with Crippen LogP contribution in [0.15, 0.2) is 66.7 Å². The molecule has 33 heavy (non-hydrogen) atoms. The second kappa shape index (κ2) is 10.3. The molecule has 0 saturated carbocycles. The molecule has 6 heteroatoms. The molecule has 4 rings (SSSR count). The Bertz CT molecular complexity index is 1140. The van der Waals surface area contributed by atoms with Crippen molar-refractivity contribution in [3.8, 4) is 28.0 Å². The number of hydrogen-bond donors (Lipinski definition) is 0. The van der Waals surface area contributed by atoms with Crippen molar-refractivity contribution in [3.63, 3.8) is 0 Å². The lowest BCUT2D eigenvalue weighted by molar-refractivity contribution is -0.00711. The summed E-state index contributed by atoms with van der Waals surface area (Å²) in [6.07, 6.45) is 5.67. The van der Waals surface area contributed by atoms with E-state index in [0.29, 0.717) is 29.2 Å². The van der Waals surface area contributed by atoms with Gasteiger partial charge in [-0.05, 0) is 54.7 Å². The zero-order chi connectivity index (χ0) is 23.4. The Morgan fingerprint density at radius 1 is 0.939 bits per heavy atom. The molecule has 2 nitrogen and oxygen atoms in total. The van der Waals surface area contributed by atoms with Crippen LogP contribution in [0, 0.1) is 23.4 Å². The maximum atomic E-state index is 14.9. The highest BCUT2D eigenvalue weighted by Gasteiger charge is 2.24. The summed E-state index contributed by atoms with van der Waals surface area (Å²) in [5, 5.41) is 0. The predicted octanol–water partition coefficient (Wildman–Crippen LogP) is 6.45. The van der Waals surface area contributed by atoms with Crippen molar-refractivity contribution in [3.05, 3.63) is 89.8 Å². The molecule has 2 unspecified atom stereocenters. The van der Waals surface area contributed by atoms with Gasteiger partial charge in [-0.3, -0.25) is 0 Å². The number of ether oxygens (including phenoxy) is 2. The fourth-order valence-electron chi connectivity index (χ4n) is 4.27. The molecule has 0 aromatic heterocycles. The maximum absolute atomic E-state index is 14.9. The molecule has 0 aliphatic carbocycles. The summed E-state index contributed by atoms with van der Waals surface area (Å²) >= 11 is 0. The minimum absolute atomic E-state index is 0.106. The van der Waals surface area contributed by atoms with Gasteiger partial charge in [0.1, 0.15) is 5.82 Å². The maximum Gasteiger partial charge on any atom is 0.201 e. The van der Waals surface area contributed by atoms with Crippen LogP contribution in [-0.4, -0.2) is 21.0 Å². The van der Waals surface area contributed by atoms with Crippen LogP contribution >= 0.6 is 0 Å². The molecule has 0 radical (unpaired) electrons. The van der Waals surface area contributed by atoms with E-state index in [9.17, 15) is 13.2 Å². The summed E-state index contributed by atoms with van der Waals surface area (Å²) in [6, 6.07) is 15.0. The lowest BCUT2D eigenvalue weighted by Gasteiger charge is -2.28. The summed E-state index contributed by atoms with van der Waals surface area (Å²) in [5.74, 6) is -1.97. The van der Waals surface area contributed by atoms with E-state index in [1.54, 1.807) is 38.2 Å². The largest absolute Gasteiger partial charge is 0.500 e. The molecule has 3 aromatic carbocycles. The van der Waals surface area contributed by atoms with E-state index < -0.39 is 11.6 Å². The average molecular weight is 450 g/mol. The standard InChI is InChI=1S/C27H26BF3O2/c1-2-3-17-4-12-24(32-15-17)22-10-9-20(14-23(22)29)18-5-7-19(8-6-18)21-11-13-25(33-16-28)27(31)26(21)30/h2-3,5-11,13-14,17,24H,4,12,15-16,28H2,1H3/b3-2+. The third kappa shape index (κ3) is 5.01. The smallest absolute Gasteiger partial charge is 0.201 e. The molecule has 1 heterocycles. The quantitative estimate of drug-likeness (QED) is 0.317. The second-order valence-electron chi connectivity index (χ2n) is 8.17. The summed E-state index contributed by atoms with van der Waals surface area (Å²) < 4.78 is 54.6. The van der Waals surface area contributed by atoms with Crippen LogP contribution in [0.5, 0.6) is 5.75 Å². The van der Waals surface area contributed by atoms with E-state index in [2.05, 4.69) is 6.08 Å². The molecule has 2 atom stereocenters. The Labute approximate surface area is 193 Å². The van der Waals surface area contributed by atoms with Crippen molar-refractivity contribution in [2.75, 3.05) is 13.1 Å². The van der Waals surface area contributed by atoms with Crippen molar-refractivity contribution < 1.29 is 22.6 Å². The Hall–Kier alpha value is -2.99. The first kappa shape index (κ1) is 23.2. The number of rotatable bonds is 6. The van der Waals surface area contributed by atoms with Crippen molar-refractivity contribution in [1.82, 2.24) is 0 Å². The normalized spacial score (nSPS) is 18.5. The van der Waals surface area contributed by atoms with Gasteiger partial charge in [-0.2, -0.15) is 4.39 Å². The average Bonchev–Trinajstić information content (AvgIpc) is 2.83. The van der Waals surface area contributed by atoms with Crippen LogP contribution in [0.1, 0.15) is 31.4 Å². The lowest BCUT2D eigenvalue weighted by atomic mass is 9.93. The molecule has 0 spiro atoms. The molecular formula is C27H26BF3O2. The molecule has 0 amide bonds. The highest BCUT2D eigenvalue weighted by molar-refractivity contribution is 6.08. The van der Waals surface area contributed by atoms with Gasteiger partial charge in [0.25, 0.3) is 0 Å². The van der Waals surface area contributed by atoms with Crippen LogP contribution in [0.2, 0.25) is 0 Å². The predicted molar refractivity (Wildman–Crippen MR) is 127 cm³/mol. The van der Waals surface area contributed by atoms with Gasteiger partial charge >= 0.3 is 0 Å². The SMILES string of the molecule is BCOc1ccc(-c2ccc(-c3ccc(C4CCC(/C=C/C)CO4)c(F)c3)cc2)c(F)c1F. The first-order chi connectivity index (χ1) is 16.0. The van der Waals surface area contributed by atoms with Gasteiger partial charge < -0.3 is 9.47 Å². The van der Waals surface area contributed by atoms with Crippen molar-refractivity contribution >= 4 is 7.85 Å². The van der Waals surface area contributed by atoms with E-state index in [1.165, 1.54) is 18.2 Å². The van der Waals surface area contributed by atoms with Gasteiger partial charge in [0.05, 0.1) is 19.2 Å². The molecule has 170 valence electrons. The first-order valence-electron chi connectivity index (χ1n) is 11.3. The highest BCUT2D eigenvalue weighted by Crippen LogP contribution is 2.35. The monoisotopic (exact) mass is 450 g/mol. The topological polar surface area (TPSA) is 18.5 Å². The Morgan fingerprint density at radius 3 is 2.30 bits per heavy atom. The molecule has 1 aliphatic heterocycles. The second-order valence-corrected chi connectivity index (χ2v) is 8.17. The zero-order valence-electron chi connectivity index (χ0n) is 18.8.